The second-order valence-corrected chi connectivity index (χ2v) is 13.6. The van der Waals surface area contributed by atoms with Crippen LogP contribution < -0.4 is 0 Å². The first kappa shape index (κ1) is 21.5. The van der Waals surface area contributed by atoms with E-state index in [0.717, 1.165) is 42.0 Å². The molecule has 1 saturated heterocycles. The number of rotatable bonds is 4. The van der Waals surface area contributed by atoms with E-state index in [0.29, 0.717) is 23.4 Å². The van der Waals surface area contributed by atoms with E-state index in [2.05, 4.69) is 26.0 Å². The van der Waals surface area contributed by atoms with Crippen molar-refractivity contribution in [3.05, 3.63) is 48.1 Å². The number of hydrogen-bond acceptors (Lipinski definition) is 6. The van der Waals surface area contributed by atoms with Gasteiger partial charge in [0.2, 0.25) is 0 Å². The number of nitrogens with zero attached hydrogens (tertiary/aromatic N) is 1. The Morgan fingerprint density at radius 3 is 2.91 bits per heavy atom. The molecule has 6 heteroatoms. The highest BCUT2D eigenvalue weighted by Gasteiger charge is 2.78. The van der Waals surface area contributed by atoms with Gasteiger partial charge in [0.25, 0.3) is 0 Å². The lowest BCUT2D eigenvalue weighted by molar-refractivity contribution is -0.125. The molecule has 5 unspecified atom stereocenters. The van der Waals surface area contributed by atoms with E-state index in [1.54, 1.807) is 29.2 Å². The van der Waals surface area contributed by atoms with Crippen molar-refractivity contribution in [2.45, 2.75) is 62.0 Å². The molecule has 0 radical (unpaired) electrons. The molecule has 4 aliphatic carbocycles. The minimum absolute atomic E-state index is 0.00630. The highest BCUT2D eigenvalue weighted by Crippen LogP contribution is 2.75. The molecule has 7 atom stereocenters. The molecule has 176 valence electrons. The molecule has 0 amide bonds. The number of ether oxygens (including phenoxy) is 1. The van der Waals surface area contributed by atoms with Crippen molar-refractivity contribution in [2.24, 2.45) is 28.6 Å². The molecule has 5 aliphatic rings. The zero-order valence-corrected chi connectivity index (χ0v) is 21.2. The van der Waals surface area contributed by atoms with Gasteiger partial charge in [-0.05, 0) is 80.6 Å². The number of hydrogen-bond donors (Lipinski definition) is 0. The lowest BCUT2D eigenvalue weighted by atomic mass is 9.47. The van der Waals surface area contributed by atoms with Crippen molar-refractivity contribution in [1.82, 2.24) is 4.98 Å². The Balaban J connectivity index is 1.12. The van der Waals surface area contributed by atoms with Gasteiger partial charge < -0.3 is 4.74 Å². The summed E-state index contributed by atoms with van der Waals surface area (Å²) in [5.41, 5.74) is 1.92. The molecular weight excluding hydrogens is 462 g/mol. The predicted molar refractivity (Wildman–Crippen MR) is 135 cm³/mol. The second kappa shape index (κ2) is 7.14. The monoisotopic (exact) mass is 491 g/mol. The predicted octanol–water partition coefficient (Wildman–Crippen LogP) is 6.01. The number of fused-ring (bicyclic) bond motifs is 4. The number of allylic oxidation sites excluding steroid dienone is 2. The van der Waals surface area contributed by atoms with Gasteiger partial charge in [0.1, 0.15) is 11.4 Å². The fraction of sp³-hybridized carbons (Fsp3) is 0.536. The van der Waals surface area contributed by atoms with E-state index >= 15 is 0 Å². The third-order valence-electron chi connectivity index (χ3n) is 9.93. The summed E-state index contributed by atoms with van der Waals surface area (Å²) in [7, 11) is 0. The zero-order valence-electron chi connectivity index (χ0n) is 19.6. The number of epoxide rings is 1. The third kappa shape index (κ3) is 2.73. The Kier molecular flexibility index (Phi) is 4.52. The van der Waals surface area contributed by atoms with E-state index in [-0.39, 0.29) is 34.2 Å². The van der Waals surface area contributed by atoms with Crippen LogP contribution in [0.5, 0.6) is 0 Å². The first-order valence-corrected chi connectivity index (χ1v) is 14.3. The molecule has 34 heavy (non-hydrogen) atoms. The smallest absolute Gasteiger partial charge is 0.178 e. The summed E-state index contributed by atoms with van der Waals surface area (Å²) >= 11 is 3.28. The molecule has 0 bridgehead atoms. The van der Waals surface area contributed by atoms with Crippen molar-refractivity contribution in [1.29, 1.82) is 0 Å². The fourth-order valence-electron chi connectivity index (χ4n) is 8.32. The largest absolute Gasteiger partial charge is 0.364 e. The van der Waals surface area contributed by atoms with Crippen LogP contribution in [0.3, 0.4) is 0 Å². The van der Waals surface area contributed by atoms with Crippen LogP contribution in [0.2, 0.25) is 0 Å². The van der Waals surface area contributed by atoms with Crippen LogP contribution >= 0.6 is 23.1 Å². The third-order valence-corrected chi connectivity index (χ3v) is 12.1. The van der Waals surface area contributed by atoms with Crippen molar-refractivity contribution >= 4 is 44.9 Å². The molecule has 1 aliphatic heterocycles. The molecule has 0 N–H and O–H groups in total. The van der Waals surface area contributed by atoms with Crippen LogP contribution in [0.15, 0.2) is 52.4 Å². The van der Waals surface area contributed by atoms with Gasteiger partial charge in [0.15, 0.2) is 10.1 Å². The Morgan fingerprint density at radius 1 is 1.21 bits per heavy atom. The summed E-state index contributed by atoms with van der Waals surface area (Å²) in [6.07, 6.45) is 11.0. The van der Waals surface area contributed by atoms with Gasteiger partial charge in [0, 0.05) is 11.3 Å². The lowest BCUT2D eigenvalue weighted by Gasteiger charge is -2.54. The van der Waals surface area contributed by atoms with E-state index in [4.69, 9.17) is 9.72 Å². The minimum atomic E-state index is -0.180. The van der Waals surface area contributed by atoms with Gasteiger partial charge in [-0.15, -0.1) is 11.3 Å². The van der Waals surface area contributed by atoms with Gasteiger partial charge in [-0.3, -0.25) is 9.59 Å². The Labute approximate surface area is 208 Å². The normalized spacial score (nSPS) is 41.9. The lowest BCUT2D eigenvalue weighted by Crippen LogP contribution is -2.57. The number of Topliss-reactive ketones (excluding diaryl/α,β-unsaturated/α-hetero) is 1. The summed E-state index contributed by atoms with van der Waals surface area (Å²) in [4.78, 5) is 30.3. The number of aromatic nitrogens is 1. The van der Waals surface area contributed by atoms with Gasteiger partial charge in [-0.25, -0.2) is 4.98 Å². The Bertz CT molecular complexity index is 1260. The molecule has 4 nitrogen and oxygen atoms in total. The average molecular weight is 492 g/mol. The maximum absolute atomic E-state index is 13.6. The molecule has 7 rings (SSSR count). The number of thiazole rings is 1. The van der Waals surface area contributed by atoms with Crippen LogP contribution in [0.4, 0.5) is 0 Å². The van der Waals surface area contributed by atoms with Crippen LogP contribution in [-0.4, -0.2) is 34.0 Å². The van der Waals surface area contributed by atoms with Gasteiger partial charge in [-0.1, -0.05) is 42.5 Å². The molecule has 3 saturated carbocycles. The Hall–Kier alpha value is -1.76. The highest BCUT2D eigenvalue weighted by atomic mass is 32.2. The van der Waals surface area contributed by atoms with Gasteiger partial charge >= 0.3 is 0 Å². The molecule has 2 heterocycles. The van der Waals surface area contributed by atoms with E-state index in [1.807, 2.05) is 24.3 Å². The number of ketones is 2. The maximum Gasteiger partial charge on any atom is 0.178 e. The molecule has 1 spiro atoms. The summed E-state index contributed by atoms with van der Waals surface area (Å²) in [6.45, 7) is 4.65. The van der Waals surface area contributed by atoms with Crippen LogP contribution in [0.25, 0.3) is 10.2 Å². The molecule has 2 aromatic rings. The topological polar surface area (TPSA) is 59.6 Å². The van der Waals surface area contributed by atoms with E-state index in [1.165, 1.54) is 10.3 Å². The maximum atomic E-state index is 13.6. The number of thioether (sulfide) groups is 1. The average Bonchev–Trinajstić information content (AvgIpc) is 3.21. The SMILES string of the molecule is CC12C[C@@H]3O[C@]34C(CCC3=CC(=O)C=CC34C)C1CCC2C(=O)CSc1nc2ccccc2s1. The van der Waals surface area contributed by atoms with Crippen molar-refractivity contribution < 1.29 is 14.3 Å². The number of carbonyl (C=O) groups is 2. The zero-order chi connectivity index (χ0) is 23.3. The molecule has 1 aromatic carbocycles. The number of para-hydroxylation sites is 1. The first-order chi connectivity index (χ1) is 16.3. The molecule has 1 aromatic heterocycles. The summed E-state index contributed by atoms with van der Waals surface area (Å²) < 4.78 is 8.81. The quantitative estimate of drug-likeness (QED) is 0.387. The fourth-order valence-corrected chi connectivity index (χ4v) is 10.3. The Morgan fingerprint density at radius 2 is 2.06 bits per heavy atom. The number of benzene rings is 1. The van der Waals surface area contributed by atoms with Crippen LogP contribution in [-0.2, 0) is 14.3 Å². The van der Waals surface area contributed by atoms with Crippen molar-refractivity contribution in [3.8, 4) is 0 Å². The van der Waals surface area contributed by atoms with Crippen LogP contribution in [0.1, 0.15) is 46.0 Å². The van der Waals surface area contributed by atoms with Gasteiger partial charge in [-0.2, -0.15) is 0 Å². The second-order valence-electron chi connectivity index (χ2n) is 11.3. The highest BCUT2D eigenvalue weighted by molar-refractivity contribution is 8.01. The summed E-state index contributed by atoms with van der Waals surface area (Å²) in [5.74, 6) is 2.08. The van der Waals surface area contributed by atoms with E-state index in [9.17, 15) is 9.59 Å². The minimum Gasteiger partial charge on any atom is -0.364 e. The van der Waals surface area contributed by atoms with Crippen molar-refractivity contribution in [3.63, 3.8) is 0 Å². The van der Waals surface area contributed by atoms with Crippen molar-refractivity contribution in [2.75, 3.05) is 5.75 Å². The summed E-state index contributed by atoms with van der Waals surface area (Å²) in [6, 6.07) is 8.17. The van der Waals surface area contributed by atoms with Gasteiger partial charge in [0.05, 0.1) is 22.1 Å². The summed E-state index contributed by atoms with van der Waals surface area (Å²) in [5, 5.41) is 0. The first-order valence-electron chi connectivity index (χ1n) is 12.5. The number of carbonyl (C=O) groups excluding carboxylic acids is 2. The molecule has 4 fully saturated rings. The van der Waals surface area contributed by atoms with Crippen LogP contribution in [0, 0.1) is 28.6 Å². The van der Waals surface area contributed by atoms with E-state index < -0.39 is 0 Å². The molecular formula is C28H29NO3S2. The standard InChI is InChI=1S/C28H29NO3S2/c1-26-14-24-28(32-24)19(8-7-16-13-17(30)11-12-27(16,28)2)18(26)9-10-20(26)22(31)15-33-25-29-21-5-3-4-6-23(21)34-25/h3-6,11-13,18-20,24H,7-10,14-15H2,1-2H3/t18?,19?,20?,24-,26?,27?,28+/m0/s1.